The van der Waals surface area contributed by atoms with E-state index in [9.17, 15) is 9.90 Å². The fraction of sp³-hybridized carbons (Fsp3) is 0.190. The number of methoxy groups -OCH3 is 2. The normalized spacial score (nSPS) is 11.7. The van der Waals surface area contributed by atoms with Crippen LogP contribution in [-0.2, 0) is 0 Å². The number of carbonyl (C=O) groups excluding carboxylic acids is 1. The van der Waals surface area contributed by atoms with Crippen LogP contribution in [0, 0.1) is 0 Å². The van der Waals surface area contributed by atoms with Crippen LogP contribution < -0.4 is 14.8 Å². The summed E-state index contributed by atoms with van der Waals surface area (Å²) in [6.45, 7) is -0.00269. The van der Waals surface area contributed by atoms with Gasteiger partial charge in [0.25, 0.3) is 5.91 Å². The molecule has 0 aliphatic heterocycles. The average Bonchev–Trinajstić information content (AvgIpc) is 3.22. The molecule has 1 atom stereocenters. The standard InChI is InChI=1S/C21H21NO5/c1-25-15-8-9-19(26-2)17(12-15)18(23)13-22-21(24)20-16(10-11-27-20)14-6-4-3-5-7-14/h3-12,18,23H,13H2,1-2H3,(H,22,24). The van der Waals surface area contributed by atoms with Gasteiger partial charge in [-0.2, -0.15) is 0 Å². The van der Waals surface area contributed by atoms with Crippen LogP contribution in [0.25, 0.3) is 11.1 Å². The molecule has 6 heteroatoms. The Kier molecular flexibility index (Phi) is 5.78. The Balaban J connectivity index is 1.73. The van der Waals surface area contributed by atoms with Crippen molar-refractivity contribution < 1.29 is 23.8 Å². The molecule has 0 bridgehead atoms. The molecule has 0 fully saturated rings. The molecule has 0 saturated carbocycles. The van der Waals surface area contributed by atoms with E-state index in [0.29, 0.717) is 22.6 Å². The topological polar surface area (TPSA) is 80.9 Å². The molecular weight excluding hydrogens is 346 g/mol. The average molecular weight is 367 g/mol. The zero-order valence-electron chi connectivity index (χ0n) is 15.1. The molecule has 3 aromatic rings. The van der Waals surface area contributed by atoms with Crippen molar-refractivity contribution in [2.45, 2.75) is 6.10 Å². The maximum Gasteiger partial charge on any atom is 0.287 e. The number of aliphatic hydroxyl groups is 1. The second kappa shape index (κ2) is 8.42. The van der Waals surface area contributed by atoms with Crippen molar-refractivity contribution in [3.05, 3.63) is 72.2 Å². The number of nitrogens with one attached hydrogen (secondary N) is 1. The number of aliphatic hydroxyl groups excluding tert-OH is 1. The smallest absolute Gasteiger partial charge is 0.287 e. The fourth-order valence-electron chi connectivity index (χ4n) is 2.81. The molecule has 0 aliphatic rings. The maximum absolute atomic E-state index is 12.5. The molecule has 6 nitrogen and oxygen atoms in total. The third kappa shape index (κ3) is 4.12. The van der Waals surface area contributed by atoms with Gasteiger partial charge in [-0.25, -0.2) is 0 Å². The molecule has 140 valence electrons. The van der Waals surface area contributed by atoms with E-state index < -0.39 is 12.0 Å². The van der Waals surface area contributed by atoms with Gasteiger partial charge in [0.2, 0.25) is 0 Å². The molecule has 0 spiro atoms. The van der Waals surface area contributed by atoms with Crippen molar-refractivity contribution in [3.8, 4) is 22.6 Å². The lowest BCUT2D eigenvalue weighted by Gasteiger charge is -2.16. The highest BCUT2D eigenvalue weighted by molar-refractivity contribution is 5.98. The van der Waals surface area contributed by atoms with Crippen LogP contribution >= 0.6 is 0 Å². The van der Waals surface area contributed by atoms with Gasteiger partial charge in [0, 0.05) is 17.7 Å². The summed E-state index contributed by atoms with van der Waals surface area (Å²) >= 11 is 0. The van der Waals surface area contributed by atoms with E-state index in [4.69, 9.17) is 13.9 Å². The molecule has 1 unspecified atom stereocenters. The second-order valence-electron chi connectivity index (χ2n) is 5.86. The summed E-state index contributed by atoms with van der Waals surface area (Å²) in [5.41, 5.74) is 2.10. The van der Waals surface area contributed by atoms with E-state index in [0.717, 1.165) is 5.56 Å². The summed E-state index contributed by atoms with van der Waals surface area (Å²) < 4.78 is 15.8. The van der Waals surface area contributed by atoms with Gasteiger partial charge in [-0.1, -0.05) is 30.3 Å². The largest absolute Gasteiger partial charge is 0.497 e. The number of furan rings is 1. The summed E-state index contributed by atoms with van der Waals surface area (Å²) in [7, 11) is 3.06. The minimum atomic E-state index is -0.964. The first kappa shape index (κ1) is 18.5. The van der Waals surface area contributed by atoms with Crippen LogP contribution in [0.1, 0.15) is 22.2 Å². The van der Waals surface area contributed by atoms with Crippen molar-refractivity contribution in [3.63, 3.8) is 0 Å². The number of ether oxygens (including phenoxy) is 2. The molecule has 1 aromatic heterocycles. The zero-order chi connectivity index (χ0) is 19.2. The predicted molar refractivity (Wildman–Crippen MR) is 101 cm³/mol. The summed E-state index contributed by atoms with van der Waals surface area (Å²) in [6, 6.07) is 16.4. The molecule has 1 heterocycles. The Labute approximate surface area is 157 Å². The zero-order valence-corrected chi connectivity index (χ0v) is 15.1. The maximum atomic E-state index is 12.5. The van der Waals surface area contributed by atoms with E-state index in [2.05, 4.69) is 5.32 Å². The summed E-state index contributed by atoms with van der Waals surface area (Å²) in [5, 5.41) is 13.2. The monoisotopic (exact) mass is 367 g/mol. The second-order valence-corrected chi connectivity index (χ2v) is 5.86. The van der Waals surface area contributed by atoms with Crippen LogP contribution in [0.2, 0.25) is 0 Å². The quantitative estimate of drug-likeness (QED) is 0.669. The molecule has 0 aliphatic carbocycles. The Morgan fingerprint density at radius 1 is 1.11 bits per heavy atom. The van der Waals surface area contributed by atoms with Crippen LogP contribution in [0.15, 0.2) is 65.3 Å². The van der Waals surface area contributed by atoms with Crippen LogP contribution in [0.3, 0.4) is 0 Å². The number of hydrogen-bond acceptors (Lipinski definition) is 5. The molecule has 1 amide bonds. The van der Waals surface area contributed by atoms with Gasteiger partial charge in [0.1, 0.15) is 17.6 Å². The molecule has 2 aromatic carbocycles. The van der Waals surface area contributed by atoms with E-state index in [1.807, 2.05) is 30.3 Å². The van der Waals surface area contributed by atoms with Gasteiger partial charge in [-0.05, 0) is 29.8 Å². The molecule has 27 heavy (non-hydrogen) atoms. The van der Waals surface area contributed by atoms with Crippen LogP contribution in [0.4, 0.5) is 0 Å². The summed E-state index contributed by atoms with van der Waals surface area (Å²) in [6.07, 6.45) is 0.507. The minimum Gasteiger partial charge on any atom is -0.497 e. The van der Waals surface area contributed by atoms with Gasteiger partial charge in [-0.15, -0.1) is 0 Å². The van der Waals surface area contributed by atoms with Gasteiger partial charge < -0.3 is 24.3 Å². The Morgan fingerprint density at radius 3 is 2.59 bits per heavy atom. The molecular formula is C21H21NO5. The van der Waals surface area contributed by atoms with Gasteiger partial charge in [0.05, 0.1) is 20.5 Å². The van der Waals surface area contributed by atoms with Gasteiger partial charge >= 0.3 is 0 Å². The highest BCUT2D eigenvalue weighted by Gasteiger charge is 2.20. The Hall–Kier alpha value is -3.25. The third-order valence-corrected chi connectivity index (χ3v) is 4.21. The van der Waals surface area contributed by atoms with Gasteiger partial charge in [0.15, 0.2) is 5.76 Å². The van der Waals surface area contributed by atoms with Crippen LogP contribution in [-0.4, -0.2) is 31.8 Å². The Bertz CT molecular complexity index is 904. The summed E-state index contributed by atoms with van der Waals surface area (Å²) in [4.78, 5) is 12.5. The first-order valence-electron chi connectivity index (χ1n) is 8.45. The number of carbonyl (C=O) groups is 1. The highest BCUT2D eigenvalue weighted by Crippen LogP contribution is 2.29. The van der Waals surface area contributed by atoms with E-state index >= 15 is 0 Å². The number of rotatable bonds is 7. The lowest BCUT2D eigenvalue weighted by Crippen LogP contribution is -2.28. The SMILES string of the molecule is COc1ccc(OC)c(C(O)CNC(=O)c2occc2-c2ccccc2)c1. The molecule has 0 saturated heterocycles. The van der Waals surface area contributed by atoms with Crippen molar-refractivity contribution in [1.29, 1.82) is 0 Å². The van der Waals surface area contributed by atoms with Crippen molar-refractivity contribution >= 4 is 5.91 Å². The highest BCUT2D eigenvalue weighted by atomic mass is 16.5. The number of amides is 1. The number of hydrogen-bond donors (Lipinski definition) is 2. The molecule has 0 radical (unpaired) electrons. The first-order chi connectivity index (χ1) is 13.1. The van der Waals surface area contributed by atoms with Crippen molar-refractivity contribution in [1.82, 2.24) is 5.32 Å². The van der Waals surface area contributed by atoms with E-state index in [1.54, 1.807) is 31.4 Å². The molecule has 3 rings (SSSR count). The van der Waals surface area contributed by atoms with Gasteiger partial charge in [-0.3, -0.25) is 4.79 Å². The lowest BCUT2D eigenvalue weighted by molar-refractivity contribution is 0.0888. The van der Waals surface area contributed by atoms with Crippen molar-refractivity contribution in [2.24, 2.45) is 0 Å². The fourth-order valence-corrected chi connectivity index (χ4v) is 2.81. The lowest BCUT2D eigenvalue weighted by atomic mass is 10.1. The van der Waals surface area contributed by atoms with E-state index in [1.165, 1.54) is 13.4 Å². The number of benzene rings is 2. The predicted octanol–water partition coefficient (Wildman–Crippen LogP) is 3.43. The Morgan fingerprint density at radius 2 is 1.89 bits per heavy atom. The minimum absolute atomic E-state index is 0.00269. The summed E-state index contributed by atoms with van der Waals surface area (Å²) in [5.74, 6) is 0.903. The van der Waals surface area contributed by atoms with Crippen LogP contribution in [0.5, 0.6) is 11.5 Å². The van der Waals surface area contributed by atoms with Crippen molar-refractivity contribution in [2.75, 3.05) is 20.8 Å². The molecule has 2 N–H and O–H groups in total. The van der Waals surface area contributed by atoms with E-state index in [-0.39, 0.29) is 12.3 Å². The third-order valence-electron chi connectivity index (χ3n) is 4.21. The first-order valence-corrected chi connectivity index (χ1v) is 8.45.